The van der Waals surface area contributed by atoms with E-state index in [0.29, 0.717) is 17.1 Å². The quantitative estimate of drug-likeness (QED) is 0.585. The van der Waals surface area contributed by atoms with Gasteiger partial charge in [0.2, 0.25) is 5.91 Å². The molecule has 3 aromatic rings. The summed E-state index contributed by atoms with van der Waals surface area (Å²) in [6.07, 6.45) is 0.167. The lowest BCUT2D eigenvalue weighted by molar-refractivity contribution is -0.115. The summed E-state index contributed by atoms with van der Waals surface area (Å²) < 4.78 is 13.6. The summed E-state index contributed by atoms with van der Waals surface area (Å²) in [5.41, 5.74) is 3.52. The largest absolute Gasteiger partial charge is 0.323 e. The van der Waals surface area contributed by atoms with E-state index >= 15 is 0 Å². The number of carbonyl (C=O) groups excluding carboxylic acids is 2. The zero-order chi connectivity index (χ0) is 19.5. The molecule has 1 aliphatic heterocycles. The van der Waals surface area contributed by atoms with Crippen LogP contribution in [-0.4, -0.2) is 17.6 Å². The molecule has 28 heavy (non-hydrogen) atoms. The van der Waals surface area contributed by atoms with Crippen molar-refractivity contribution in [3.63, 3.8) is 0 Å². The maximum absolute atomic E-state index is 13.6. The molecule has 0 bridgehead atoms. The summed E-state index contributed by atoms with van der Waals surface area (Å²) in [5, 5.41) is 11.7. The summed E-state index contributed by atoms with van der Waals surface area (Å²) in [7, 11) is 0. The number of carbonyl (C=O) groups is 2. The normalized spacial score (nSPS) is 13.0. The molecule has 1 aliphatic rings. The lowest BCUT2D eigenvalue weighted by atomic mass is 10.1. The molecule has 0 saturated carbocycles. The molecule has 2 heterocycles. The van der Waals surface area contributed by atoms with Crippen LogP contribution < -0.4 is 16.0 Å². The molecular formula is C20H15FN4O2S. The summed E-state index contributed by atoms with van der Waals surface area (Å²) >= 11 is 1.47. The van der Waals surface area contributed by atoms with Crippen molar-refractivity contribution in [3.8, 4) is 0 Å². The SMILES string of the molecule is O=C1CC(c2ccc(NC(=O)Nc3ccccc3F)cc2)=Nc2cscc2N1. The number of benzene rings is 2. The number of hydrogen-bond donors (Lipinski definition) is 3. The van der Waals surface area contributed by atoms with Crippen LogP contribution in [0.4, 0.5) is 31.9 Å². The van der Waals surface area contributed by atoms with Gasteiger partial charge in [0.25, 0.3) is 0 Å². The zero-order valence-corrected chi connectivity index (χ0v) is 15.3. The molecule has 0 saturated heterocycles. The number of nitrogens with one attached hydrogen (secondary N) is 3. The molecule has 4 rings (SSSR count). The van der Waals surface area contributed by atoms with E-state index < -0.39 is 11.8 Å². The second kappa shape index (κ2) is 7.61. The Labute approximate surface area is 164 Å². The van der Waals surface area contributed by atoms with E-state index in [4.69, 9.17) is 0 Å². The molecule has 3 N–H and O–H groups in total. The Balaban J connectivity index is 1.48. The summed E-state index contributed by atoms with van der Waals surface area (Å²) in [6, 6.07) is 12.4. The Kier molecular flexibility index (Phi) is 4.86. The van der Waals surface area contributed by atoms with Crippen LogP contribution in [0.2, 0.25) is 0 Å². The van der Waals surface area contributed by atoms with Crippen LogP contribution in [0.1, 0.15) is 12.0 Å². The van der Waals surface area contributed by atoms with Gasteiger partial charge in [0.1, 0.15) is 5.82 Å². The predicted octanol–water partition coefficient (Wildman–Crippen LogP) is 4.99. The Hall–Kier alpha value is -3.52. The fourth-order valence-electron chi connectivity index (χ4n) is 2.76. The number of amides is 3. The number of hydrogen-bond acceptors (Lipinski definition) is 4. The van der Waals surface area contributed by atoms with Crippen LogP contribution in [0.5, 0.6) is 0 Å². The summed E-state index contributed by atoms with van der Waals surface area (Å²) in [4.78, 5) is 28.7. The highest BCUT2D eigenvalue weighted by Crippen LogP contribution is 2.32. The van der Waals surface area contributed by atoms with Crippen LogP contribution in [0, 0.1) is 5.82 Å². The first-order valence-electron chi connectivity index (χ1n) is 8.45. The monoisotopic (exact) mass is 394 g/mol. The topological polar surface area (TPSA) is 82.6 Å². The van der Waals surface area contributed by atoms with E-state index in [1.807, 2.05) is 10.8 Å². The van der Waals surface area contributed by atoms with Gasteiger partial charge in [-0.05, 0) is 29.8 Å². The van der Waals surface area contributed by atoms with Crippen LogP contribution in [0.3, 0.4) is 0 Å². The van der Waals surface area contributed by atoms with Crippen LogP contribution in [-0.2, 0) is 4.79 Å². The average Bonchev–Trinajstić information content (AvgIpc) is 3.03. The molecule has 0 spiro atoms. The second-order valence-corrected chi connectivity index (χ2v) is 6.83. The van der Waals surface area contributed by atoms with E-state index in [9.17, 15) is 14.0 Å². The van der Waals surface area contributed by atoms with Gasteiger partial charge < -0.3 is 16.0 Å². The van der Waals surface area contributed by atoms with Gasteiger partial charge in [0.05, 0.1) is 29.2 Å². The van der Waals surface area contributed by atoms with E-state index in [1.165, 1.54) is 23.5 Å². The van der Waals surface area contributed by atoms with Crippen molar-refractivity contribution in [1.82, 2.24) is 0 Å². The third-order valence-electron chi connectivity index (χ3n) is 4.10. The first-order chi connectivity index (χ1) is 13.6. The minimum absolute atomic E-state index is 0.0991. The standard InChI is InChI=1S/C20H15FN4O2S/c21-14-3-1-2-4-15(14)25-20(27)22-13-7-5-12(6-8-13)16-9-19(26)24-18-11-28-10-17(18)23-16/h1-8,10-11H,9H2,(H,24,26)(H2,22,25,27). The molecule has 2 aromatic carbocycles. The number of aliphatic imine (C=N–C) groups is 1. The number of fused-ring (bicyclic) bond motifs is 1. The Morgan fingerprint density at radius 1 is 1.07 bits per heavy atom. The van der Waals surface area contributed by atoms with Gasteiger partial charge in [-0.3, -0.25) is 4.79 Å². The van der Waals surface area contributed by atoms with Crippen molar-refractivity contribution < 1.29 is 14.0 Å². The highest BCUT2D eigenvalue weighted by atomic mass is 32.1. The van der Waals surface area contributed by atoms with E-state index in [2.05, 4.69) is 20.9 Å². The Bertz CT molecular complexity index is 1080. The fourth-order valence-corrected chi connectivity index (χ4v) is 3.45. The molecule has 140 valence electrons. The molecule has 3 amide bonds. The maximum Gasteiger partial charge on any atom is 0.323 e. The number of urea groups is 1. The maximum atomic E-state index is 13.6. The Morgan fingerprint density at radius 2 is 1.86 bits per heavy atom. The molecule has 0 atom stereocenters. The molecule has 0 fully saturated rings. The highest BCUT2D eigenvalue weighted by Gasteiger charge is 2.17. The van der Waals surface area contributed by atoms with Crippen LogP contribution in [0.25, 0.3) is 0 Å². The number of halogens is 1. The van der Waals surface area contributed by atoms with Gasteiger partial charge in [-0.15, -0.1) is 11.3 Å². The van der Waals surface area contributed by atoms with E-state index in [0.717, 1.165) is 11.3 Å². The predicted molar refractivity (Wildman–Crippen MR) is 109 cm³/mol. The van der Waals surface area contributed by atoms with Crippen molar-refractivity contribution in [1.29, 1.82) is 0 Å². The van der Waals surface area contributed by atoms with E-state index in [1.54, 1.807) is 36.4 Å². The van der Waals surface area contributed by atoms with Crippen molar-refractivity contribution in [2.45, 2.75) is 6.42 Å². The van der Waals surface area contributed by atoms with Crippen LogP contribution >= 0.6 is 11.3 Å². The van der Waals surface area contributed by atoms with Gasteiger partial charge in [0.15, 0.2) is 0 Å². The van der Waals surface area contributed by atoms with Gasteiger partial charge >= 0.3 is 6.03 Å². The van der Waals surface area contributed by atoms with Gasteiger partial charge in [-0.25, -0.2) is 14.2 Å². The molecule has 8 heteroatoms. The lowest BCUT2D eigenvalue weighted by Crippen LogP contribution is -2.20. The van der Waals surface area contributed by atoms with Crippen molar-refractivity contribution in [2.75, 3.05) is 16.0 Å². The smallest absolute Gasteiger partial charge is 0.323 e. The number of nitrogens with zero attached hydrogens (tertiary/aromatic N) is 1. The Morgan fingerprint density at radius 3 is 2.64 bits per heavy atom. The highest BCUT2D eigenvalue weighted by molar-refractivity contribution is 7.09. The number of thiophene rings is 1. The molecular weight excluding hydrogens is 379 g/mol. The fraction of sp³-hybridized carbons (Fsp3) is 0.0500. The third-order valence-corrected chi connectivity index (χ3v) is 4.83. The molecule has 0 radical (unpaired) electrons. The van der Waals surface area contributed by atoms with Crippen molar-refractivity contribution in [2.24, 2.45) is 4.99 Å². The van der Waals surface area contributed by atoms with Gasteiger partial charge in [0, 0.05) is 16.4 Å². The molecule has 0 aliphatic carbocycles. The molecule has 1 aromatic heterocycles. The second-order valence-electron chi connectivity index (χ2n) is 6.09. The van der Waals surface area contributed by atoms with Gasteiger partial charge in [-0.2, -0.15) is 0 Å². The minimum Gasteiger partial charge on any atom is -0.323 e. The van der Waals surface area contributed by atoms with E-state index in [-0.39, 0.29) is 18.0 Å². The molecule has 6 nitrogen and oxygen atoms in total. The number of para-hydroxylation sites is 1. The third kappa shape index (κ3) is 3.91. The van der Waals surface area contributed by atoms with Gasteiger partial charge in [-0.1, -0.05) is 24.3 Å². The number of anilines is 3. The summed E-state index contributed by atoms with van der Waals surface area (Å²) in [5.74, 6) is -0.632. The number of rotatable bonds is 3. The minimum atomic E-state index is -0.549. The first-order valence-corrected chi connectivity index (χ1v) is 9.39. The zero-order valence-electron chi connectivity index (χ0n) is 14.5. The average molecular weight is 394 g/mol. The first kappa shape index (κ1) is 17.9. The summed E-state index contributed by atoms with van der Waals surface area (Å²) in [6.45, 7) is 0. The molecule has 0 unspecified atom stereocenters. The van der Waals surface area contributed by atoms with Crippen LogP contribution in [0.15, 0.2) is 64.3 Å². The van der Waals surface area contributed by atoms with Crippen molar-refractivity contribution in [3.05, 3.63) is 70.7 Å². The van der Waals surface area contributed by atoms with Crippen molar-refractivity contribution >= 4 is 51.7 Å². The lowest BCUT2D eigenvalue weighted by Gasteiger charge is -2.09.